The van der Waals surface area contributed by atoms with Crippen molar-refractivity contribution in [3.63, 3.8) is 0 Å². The quantitative estimate of drug-likeness (QED) is 0.812. The number of hydrogen-bond donors (Lipinski definition) is 1. The summed E-state index contributed by atoms with van der Waals surface area (Å²) < 4.78 is 5.57. The molecule has 0 aromatic heterocycles. The van der Waals surface area contributed by atoms with E-state index in [0.717, 1.165) is 19.1 Å². The highest BCUT2D eigenvalue weighted by atomic mass is 16.5. The van der Waals surface area contributed by atoms with Gasteiger partial charge in [-0.05, 0) is 51.6 Å². The van der Waals surface area contributed by atoms with Crippen LogP contribution in [0.25, 0.3) is 0 Å². The lowest BCUT2D eigenvalue weighted by atomic mass is 9.99. The highest BCUT2D eigenvalue weighted by molar-refractivity contribution is 4.76. The van der Waals surface area contributed by atoms with Crippen LogP contribution >= 0.6 is 0 Å². The Hall–Kier alpha value is -0.120. The minimum absolute atomic E-state index is 0.442. The third-order valence-electron chi connectivity index (χ3n) is 4.22. The van der Waals surface area contributed by atoms with E-state index in [2.05, 4.69) is 24.1 Å². The summed E-state index contributed by atoms with van der Waals surface area (Å²) in [4.78, 5) is 2.61. The average Bonchev–Trinajstić information content (AvgIpc) is 2.32. The van der Waals surface area contributed by atoms with Crippen LogP contribution in [0.2, 0.25) is 0 Å². The highest BCUT2D eigenvalue weighted by Crippen LogP contribution is 2.16. The zero-order valence-electron chi connectivity index (χ0n) is 11.5. The summed E-state index contributed by atoms with van der Waals surface area (Å²) in [5.74, 6) is 0.940. The van der Waals surface area contributed by atoms with Crippen molar-refractivity contribution in [1.29, 1.82) is 0 Å². The standard InChI is InChI=1S/C14H28N2O/c1-12-3-7-16(8-4-12)9-6-15-14-5-10-17-13(2)11-14/h12-15H,3-11H2,1-2H3. The van der Waals surface area contributed by atoms with Gasteiger partial charge in [0.1, 0.15) is 0 Å². The minimum Gasteiger partial charge on any atom is -0.378 e. The van der Waals surface area contributed by atoms with Crippen molar-refractivity contribution in [2.24, 2.45) is 5.92 Å². The Morgan fingerprint density at radius 3 is 2.65 bits per heavy atom. The number of nitrogens with one attached hydrogen (secondary N) is 1. The van der Waals surface area contributed by atoms with Crippen molar-refractivity contribution >= 4 is 0 Å². The van der Waals surface area contributed by atoms with Crippen LogP contribution in [0.1, 0.15) is 39.5 Å². The van der Waals surface area contributed by atoms with Crippen LogP contribution < -0.4 is 5.32 Å². The van der Waals surface area contributed by atoms with Crippen LogP contribution in [0.3, 0.4) is 0 Å². The molecule has 3 heteroatoms. The molecule has 1 N–H and O–H groups in total. The second kappa shape index (κ2) is 6.72. The Kier molecular flexibility index (Phi) is 5.26. The normalized spacial score (nSPS) is 32.8. The minimum atomic E-state index is 0.442. The fourth-order valence-electron chi connectivity index (χ4n) is 2.90. The topological polar surface area (TPSA) is 24.5 Å². The molecule has 2 aliphatic heterocycles. The predicted octanol–water partition coefficient (Wildman–Crippen LogP) is 1.88. The fraction of sp³-hybridized carbons (Fsp3) is 1.00. The zero-order valence-corrected chi connectivity index (χ0v) is 11.5. The molecule has 0 spiro atoms. The zero-order chi connectivity index (χ0) is 12.1. The number of ether oxygens (including phenoxy) is 1. The molecule has 2 aliphatic rings. The van der Waals surface area contributed by atoms with Crippen LogP contribution in [-0.4, -0.2) is 49.8 Å². The maximum atomic E-state index is 5.57. The Morgan fingerprint density at radius 1 is 1.18 bits per heavy atom. The van der Waals surface area contributed by atoms with E-state index in [0.29, 0.717) is 12.1 Å². The molecule has 2 atom stereocenters. The number of rotatable bonds is 4. The molecule has 0 aromatic carbocycles. The van der Waals surface area contributed by atoms with E-state index in [1.54, 1.807) is 0 Å². The van der Waals surface area contributed by atoms with Gasteiger partial charge in [-0.2, -0.15) is 0 Å². The third kappa shape index (κ3) is 4.57. The molecule has 2 unspecified atom stereocenters. The van der Waals surface area contributed by atoms with Gasteiger partial charge in [-0.15, -0.1) is 0 Å². The molecule has 2 saturated heterocycles. The largest absolute Gasteiger partial charge is 0.378 e. The number of hydrogen-bond acceptors (Lipinski definition) is 3. The maximum Gasteiger partial charge on any atom is 0.0561 e. The Balaban J connectivity index is 1.56. The molecule has 0 amide bonds. The summed E-state index contributed by atoms with van der Waals surface area (Å²) in [5, 5.41) is 3.69. The summed E-state index contributed by atoms with van der Waals surface area (Å²) in [6.07, 6.45) is 5.57. The highest BCUT2D eigenvalue weighted by Gasteiger charge is 2.19. The van der Waals surface area contributed by atoms with Crippen LogP contribution in [0.4, 0.5) is 0 Å². The molecule has 0 aromatic rings. The lowest BCUT2D eigenvalue weighted by Crippen LogP contribution is -2.43. The number of likely N-dealkylation sites (tertiary alicyclic amines) is 1. The monoisotopic (exact) mass is 240 g/mol. The maximum absolute atomic E-state index is 5.57. The average molecular weight is 240 g/mol. The van der Waals surface area contributed by atoms with Crippen LogP contribution in [0.5, 0.6) is 0 Å². The van der Waals surface area contributed by atoms with E-state index in [1.165, 1.54) is 45.3 Å². The van der Waals surface area contributed by atoms with E-state index in [9.17, 15) is 0 Å². The summed E-state index contributed by atoms with van der Waals surface area (Å²) in [7, 11) is 0. The van der Waals surface area contributed by atoms with Crippen LogP contribution in [0, 0.1) is 5.92 Å². The van der Waals surface area contributed by atoms with Crippen molar-refractivity contribution < 1.29 is 4.74 Å². The SMILES string of the molecule is CC1CCN(CCNC2CCOC(C)C2)CC1. The van der Waals surface area contributed by atoms with Gasteiger partial charge < -0.3 is 15.0 Å². The molecular weight excluding hydrogens is 212 g/mol. The first-order valence-electron chi connectivity index (χ1n) is 7.31. The second-order valence-corrected chi connectivity index (χ2v) is 5.88. The van der Waals surface area contributed by atoms with Gasteiger partial charge in [-0.1, -0.05) is 6.92 Å². The fourth-order valence-corrected chi connectivity index (χ4v) is 2.90. The second-order valence-electron chi connectivity index (χ2n) is 5.88. The molecule has 0 bridgehead atoms. The molecule has 2 heterocycles. The van der Waals surface area contributed by atoms with Crippen molar-refractivity contribution in [3.05, 3.63) is 0 Å². The molecule has 2 rings (SSSR count). The molecule has 2 fully saturated rings. The first-order chi connectivity index (χ1) is 8.24. The van der Waals surface area contributed by atoms with Gasteiger partial charge in [0.15, 0.2) is 0 Å². The van der Waals surface area contributed by atoms with Gasteiger partial charge in [0.05, 0.1) is 6.10 Å². The van der Waals surface area contributed by atoms with Crippen molar-refractivity contribution in [3.8, 4) is 0 Å². The van der Waals surface area contributed by atoms with Crippen molar-refractivity contribution in [2.45, 2.75) is 51.7 Å². The van der Waals surface area contributed by atoms with Gasteiger partial charge in [0.25, 0.3) is 0 Å². The Morgan fingerprint density at radius 2 is 1.94 bits per heavy atom. The number of piperidine rings is 1. The molecule has 3 nitrogen and oxygen atoms in total. The lowest BCUT2D eigenvalue weighted by molar-refractivity contribution is 0.0129. The summed E-state index contributed by atoms with van der Waals surface area (Å²) in [6.45, 7) is 10.4. The Bertz CT molecular complexity index is 214. The summed E-state index contributed by atoms with van der Waals surface area (Å²) in [5.41, 5.74) is 0. The van der Waals surface area contributed by atoms with Gasteiger partial charge in [0, 0.05) is 25.7 Å². The Labute approximate surface area is 106 Å². The lowest BCUT2D eigenvalue weighted by Gasteiger charge is -2.32. The molecule has 0 aliphatic carbocycles. The van der Waals surface area contributed by atoms with E-state index in [4.69, 9.17) is 4.74 Å². The number of nitrogens with zero attached hydrogens (tertiary/aromatic N) is 1. The summed E-state index contributed by atoms with van der Waals surface area (Å²) >= 11 is 0. The van der Waals surface area contributed by atoms with Gasteiger partial charge in [-0.3, -0.25) is 0 Å². The van der Waals surface area contributed by atoms with Gasteiger partial charge >= 0.3 is 0 Å². The van der Waals surface area contributed by atoms with E-state index >= 15 is 0 Å². The smallest absolute Gasteiger partial charge is 0.0561 e. The van der Waals surface area contributed by atoms with Crippen molar-refractivity contribution in [2.75, 3.05) is 32.8 Å². The van der Waals surface area contributed by atoms with Crippen LogP contribution in [0.15, 0.2) is 0 Å². The molecule has 0 saturated carbocycles. The summed E-state index contributed by atoms with van der Waals surface area (Å²) in [6, 6.07) is 0.683. The van der Waals surface area contributed by atoms with E-state index in [-0.39, 0.29) is 0 Å². The van der Waals surface area contributed by atoms with E-state index in [1.807, 2.05) is 0 Å². The van der Waals surface area contributed by atoms with Gasteiger partial charge in [0.2, 0.25) is 0 Å². The molecule has 17 heavy (non-hydrogen) atoms. The van der Waals surface area contributed by atoms with Crippen LogP contribution in [-0.2, 0) is 4.74 Å². The predicted molar refractivity (Wildman–Crippen MR) is 71.3 cm³/mol. The first kappa shape index (κ1) is 13.3. The first-order valence-corrected chi connectivity index (χ1v) is 7.31. The molecule has 100 valence electrons. The van der Waals surface area contributed by atoms with Gasteiger partial charge in [-0.25, -0.2) is 0 Å². The molecule has 0 radical (unpaired) electrons. The molecular formula is C14H28N2O. The third-order valence-corrected chi connectivity index (χ3v) is 4.22. The van der Waals surface area contributed by atoms with Crippen molar-refractivity contribution in [1.82, 2.24) is 10.2 Å². The van der Waals surface area contributed by atoms with E-state index < -0.39 is 0 Å².